The van der Waals surface area contributed by atoms with Crippen molar-refractivity contribution in [3.05, 3.63) is 35.6 Å². The summed E-state index contributed by atoms with van der Waals surface area (Å²) in [6, 6.07) is 0. The lowest BCUT2D eigenvalue weighted by Crippen LogP contribution is -2.34. The van der Waals surface area contributed by atoms with Crippen molar-refractivity contribution < 1.29 is 19.1 Å². The molecule has 1 unspecified atom stereocenters. The van der Waals surface area contributed by atoms with Crippen LogP contribution < -0.4 is 5.32 Å². The number of fused-ring (bicyclic) bond motifs is 1. The van der Waals surface area contributed by atoms with E-state index in [4.69, 9.17) is 4.74 Å². The zero-order valence-electron chi connectivity index (χ0n) is 14.2. The molecule has 0 saturated carbocycles. The first-order valence-corrected chi connectivity index (χ1v) is 8.10. The van der Waals surface area contributed by atoms with Crippen LogP contribution in [0, 0.1) is 11.8 Å². The molecule has 128 valence electrons. The molecule has 1 aliphatic heterocycles. The Morgan fingerprint density at radius 1 is 1.29 bits per heavy atom. The second-order valence-corrected chi connectivity index (χ2v) is 5.96. The second kappa shape index (κ2) is 7.86. The fourth-order valence-electron chi connectivity index (χ4n) is 2.66. The van der Waals surface area contributed by atoms with Crippen LogP contribution in [0.1, 0.15) is 33.6 Å². The first-order chi connectivity index (χ1) is 11.4. The molecule has 24 heavy (non-hydrogen) atoms. The van der Waals surface area contributed by atoms with E-state index in [2.05, 4.69) is 10.3 Å². The lowest BCUT2D eigenvalue weighted by Gasteiger charge is -2.29. The Hall–Kier alpha value is -2.50. The van der Waals surface area contributed by atoms with Gasteiger partial charge in [0.2, 0.25) is 11.8 Å². The van der Waals surface area contributed by atoms with E-state index < -0.39 is 5.97 Å². The van der Waals surface area contributed by atoms with Gasteiger partial charge in [-0.3, -0.25) is 14.4 Å². The Morgan fingerprint density at radius 2 is 2.04 bits per heavy atom. The molecule has 2 amide bonds. The molecule has 0 aromatic carbocycles. The van der Waals surface area contributed by atoms with Gasteiger partial charge in [0.15, 0.2) is 0 Å². The summed E-state index contributed by atoms with van der Waals surface area (Å²) in [7, 11) is 0. The zero-order valence-corrected chi connectivity index (χ0v) is 14.2. The van der Waals surface area contributed by atoms with Gasteiger partial charge in [-0.15, -0.1) is 0 Å². The van der Waals surface area contributed by atoms with E-state index in [-0.39, 0.29) is 36.5 Å². The van der Waals surface area contributed by atoms with Crippen LogP contribution in [-0.4, -0.2) is 30.1 Å². The van der Waals surface area contributed by atoms with Crippen LogP contribution in [0.2, 0.25) is 0 Å². The van der Waals surface area contributed by atoms with Crippen LogP contribution in [0.4, 0.5) is 0 Å². The minimum absolute atomic E-state index is 0.00623. The maximum Gasteiger partial charge on any atom is 0.306 e. The van der Waals surface area contributed by atoms with Crippen LogP contribution in [0.25, 0.3) is 0 Å². The van der Waals surface area contributed by atoms with Crippen molar-refractivity contribution in [3.8, 4) is 0 Å². The predicted molar refractivity (Wildman–Crippen MR) is 90.1 cm³/mol. The number of aliphatic imine (C=N–C) groups is 1. The summed E-state index contributed by atoms with van der Waals surface area (Å²) >= 11 is 0. The van der Waals surface area contributed by atoms with E-state index in [1.807, 2.05) is 19.9 Å². The summed E-state index contributed by atoms with van der Waals surface area (Å²) < 4.78 is 4.78. The number of hydrogen-bond acceptors (Lipinski definition) is 4. The van der Waals surface area contributed by atoms with E-state index in [0.717, 1.165) is 11.3 Å². The van der Waals surface area contributed by atoms with Gasteiger partial charge in [-0.1, -0.05) is 19.9 Å². The van der Waals surface area contributed by atoms with Crippen LogP contribution in [0.5, 0.6) is 0 Å². The van der Waals surface area contributed by atoms with Gasteiger partial charge in [0.1, 0.15) is 0 Å². The number of nitrogens with zero attached hydrogens (tertiary/aromatic N) is 1. The minimum atomic E-state index is -0.407. The van der Waals surface area contributed by atoms with Crippen molar-refractivity contribution in [2.24, 2.45) is 16.8 Å². The highest BCUT2D eigenvalue weighted by atomic mass is 16.5. The van der Waals surface area contributed by atoms with Crippen molar-refractivity contribution in [3.63, 3.8) is 0 Å². The van der Waals surface area contributed by atoms with Crippen LogP contribution in [-0.2, 0) is 19.1 Å². The lowest BCUT2D eigenvalue weighted by molar-refractivity contribution is -0.144. The molecule has 2 rings (SSSR count). The van der Waals surface area contributed by atoms with Gasteiger partial charge < -0.3 is 10.1 Å². The molecule has 1 aliphatic carbocycles. The van der Waals surface area contributed by atoms with Gasteiger partial charge >= 0.3 is 5.97 Å². The average Bonchev–Trinajstić information content (AvgIpc) is 2.52. The number of carbonyl (C=O) groups excluding carboxylic acids is 3. The van der Waals surface area contributed by atoms with Crippen LogP contribution in [0.15, 0.2) is 40.6 Å². The summed E-state index contributed by atoms with van der Waals surface area (Å²) in [5.74, 6) is -0.700. The van der Waals surface area contributed by atoms with Crippen LogP contribution >= 0.6 is 0 Å². The fourth-order valence-corrected chi connectivity index (χ4v) is 2.66. The normalized spacial score (nSPS) is 21.1. The number of carbonyl (C=O) groups is 3. The smallest absolute Gasteiger partial charge is 0.306 e. The summed E-state index contributed by atoms with van der Waals surface area (Å²) in [5.41, 5.74) is 2.24. The maximum atomic E-state index is 11.9. The van der Waals surface area contributed by atoms with Gasteiger partial charge in [-0.2, -0.15) is 0 Å². The average molecular weight is 330 g/mol. The maximum absolute atomic E-state index is 11.9. The van der Waals surface area contributed by atoms with Gasteiger partial charge in [0, 0.05) is 24.1 Å². The molecular formula is C18H22N2O4. The summed E-state index contributed by atoms with van der Waals surface area (Å²) in [6.07, 6.45) is 7.06. The summed E-state index contributed by atoms with van der Waals surface area (Å²) in [6.45, 7) is 6.09. The summed E-state index contributed by atoms with van der Waals surface area (Å²) in [5, 5.41) is 2.80. The molecule has 1 atom stereocenters. The second-order valence-electron chi connectivity index (χ2n) is 5.96. The number of nitrogens with one attached hydrogen (secondary N) is 1. The predicted octanol–water partition coefficient (Wildman–Crippen LogP) is 2.08. The van der Waals surface area contributed by atoms with E-state index in [9.17, 15) is 14.4 Å². The van der Waals surface area contributed by atoms with Crippen molar-refractivity contribution in [2.45, 2.75) is 33.6 Å². The molecule has 0 aromatic heterocycles. The Morgan fingerprint density at radius 3 is 2.71 bits per heavy atom. The SMILES string of the molecule is CCOC(=O)CCC(=O)N=C1C=CC2C(=C1)NC(=O)C=C2C(C)C. The number of amides is 2. The highest BCUT2D eigenvalue weighted by molar-refractivity contribution is 6.11. The molecule has 0 fully saturated rings. The van der Waals surface area contributed by atoms with E-state index in [0.29, 0.717) is 12.3 Å². The molecule has 1 heterocycles. The molecule has 0 spiro atoms. The first-order valence-electron chi connectivity index (χ1n) is 8.10. The van der Waals surface area contributed by atoms with Gasteiger partial charge in [0.25, 0.3) is 0 Å². The number of hydrogen-bond donors (Lipinski definition) is 1. The molecular weight excluding hydrogens is 308 g/mol. The number of allylic oxidation sites excluding steroid dienone is 3. The molecule has 0 bridgehead atoms. The zero-order chi connectivity index (χ0) is 17.7. The topological polar surface area (TPSA) is 84.8 Å². The van der Waals surface area contributed by atoms with E-state index >= 15 is 0 Å². The van der Waals surface area contributed by atoms with Crippen LogP contribution in [0.3, 0.4) is 0 Å². The highest BCUT2D eigenvalue weighted by Gasteiger charge is 2.27. The van der Waals surface area contributed by atoms with Crippen molar-refractivity contribution >= 4 is 23.5 Å². The molecule has 1 N–H and O–H groups in total. The van der Waals surface area contributed by atoms with Crippen molar-refractivity contribution in [2.75, 3.05) is 6.61 Å². The number of rotatable bonds is 5. The van der Waals surface area contributed by atoms with Crippen molar-refractivity contribution in [1.82, 2.24) is 5.32 Å². The summed E-state index contributed by atoms with van der Waals surface area (Å²) in [4.78, 5) is 38.9. The third-order valence-corrected chi connectivity index (χ3v) is 3.79. The molecule has 0 saturated heterocycles. The highest BCUT2D eigenvalue weighted by Crippen LogP contribution is 2.31. The van der Waals surface area contributed by atoms with Gasteiger partial charge in [0.05, 0.1) is 18.7 Å². The lowest BCUT2D eigenvalue weighted by atomic mass is 9.82. The number of ether oxygens (including phenoxy) is 1. The first kappa shape index (κ1) is 17.8. The van der Waals surface area contributed by atoms with E-state index in [1.54, 1.807) is 25.2 Å². The number of esters is 1. The molecule has 0 aromatic rings. The third kappa shape index (κ3) is 4.50. The van der Waals surface area contributed by atoms with Gasteiger partial charge in [-0.25, -0.2) is 4.99 Å². The Kier molecular flexibility index (Phi) is 5.84. The third-order valence-electron chi connectivity index (χ3n) is 3.79. The fraction of sp³-hybridized carbons (Fsp3) is 0.444. The van der Waals surface area contributed by atoms with Crippen molar-refractivity contribution in [1.29, 1.82) is 0 Å². The largest absolute Gasteiger partial charge is 0.466 e. The molecule has 6 heteroatoms. The molecule has 6 nitrogen and oxygen atoms in total. The monoisotopic (exact) mass is 330 g/mol. The Balaban J connectivity index is 2.07. The van der Waals surface area contributed by atoms with Gasteiger partial charge in [-0.05, 0) is 30.6 Å². The Labute approximate surface area is 141 Å². The molecule has 2 aliphatic rings. The molecule has 0 radical (unpaired) electrons. The standard InChI is InChI=1S/C18H22N2O4/c1-4-24-18(23)8-7-16(21)19-12-5-6-13-14(11(2)3)10-17(22)20-15(13)9-12/h5-6,9-11,13H,4,7-8H2,1-3H3,(H,20,22). The quantitative estimate of drug-likeness (QED) is 0.782. The minimum Gasteiger partial charge on any atom is -0.466 e. The Bertz CT molecular complexity index is 669. The van der Waals surface area contributed by atoms with E-state index in [1.165, 1.54) is 0 Å².